The van der Waals surface area contributed by atoms with Crippen LogP contribution in [0.5, 0.6) is 5.75 Å². The van der Waals surface area contributed by atoms with Crippen molar-refractivity contribution in [3.8, 4) is 5.75 Å². The van der Waals surface area contributed by atoms with Gasteiger partial charge in [0.25, 0.3) is 0 Å². The number of hydrogen-bond donors (Lipinski definition) is 1. The predicted octanol–water partition coefficient (Wildman–Crippen LogP) is 3.25. The van der Waals surface area contributed by atoms with E-state index in [9.17, 15) is 4.79 Å². The predicted molar refractivity (Wildman–Crippen MR) is 77.1 cm³/mol. The van der Waals surface area contributed by atoms with Crippen molar-refractivity contribution in [1.29, 1.82) is 0 Å². The Bertz CT molecular complexity index is 546. The highest BCUT2D eigenvalue weighted by molar-refractivity contribution is 9.10. The van der Waals surface area contributed by atoms with Crippen LogP contribution < -0.4 is 10.1 Å². The molecule has 0 spiro atoms. The molecule has 0 fully saturated rings. The summed E-state index contributed by atoms with van der Waals surface area (Å²) in [4.78, 5) is 15.5. The van der Waals surface area contributed by atoms with Gasteiger partial charge in [-0.2, -0.15) is 0 Å². The molecule has 1 aromatic carbocycles. The largest absolute Gasteiger partial charge is 0.493 e. The molecule has 0 aliphatic rings. The summed E-state index contributed by atoms with van der Waals surface area (Å²) in [5, 5.41) is 2.77. The molecule has 0 saturated heterocycles. The van der Waals surface area contributed by atoms with Crippen molar-refractivity contribution in [1.82, 2.24) is 4.98 Å². The van der Waals surface area contributed by atoms with Gasteiger partial charge in [-0.3, -0.25) is 9.78 Å². The van der Waals surface area contributed by atoms with E-state index >= 15 is 0 Å². The van der Waals surface area contributed by atoms with Crippen molar-refractivity contribution in [3.05, 3.63) is 53.3 Å². The molecule has 2 aromatic rings. The lowest BCUT2D eigenvalue weighted by atomic mass is 10.3. The highest BCUT2D eigenvalue weighted by atomic mass is 79.9. The molecule has 0 bridgehead atoms. The van der Waals surface area contributed by atoms with Crippen LogP contribution in [0.1, 0.15) is 6.42 Å². The minimum Gasteiger partial charge on any atom is -0.493 e. The highest BCUT2D eigenvalue weighted by Crippen LogP contribution is 2.17. The molecule has 1 heterocycles. The van der Waals surface area contributed by atoms with E-state index in [0.717, 1.165) is 15.9 Å². The molecule has 5 heteroatoms. The maximum atomic E-state index is 11.6. The second kappa shape index (κ2) is 6.89. The lowest BCUT2D eigenvalue weighted by Gasteiger charge is -2.07. The van der Waals surface area contributed by atoms with E-state index in [1.165, 1.54) is 0 Å². The van der Waals surface area contributed by atoms with Gasteiger partial charge < -0.3 is 10.1 Å². The van der Waals surface area contributed by atoms with Crippen LogP contribution in [0.15, 0.2) is 53.3 Å². The molecule has 2 rings (SSSR count). The number of halogens is 1. The smallest absolute Gasteiger partial charge is 0.227 e. The summed E-state index contributed by atoms with van der Waals surface area (Å²) >= 11 is 3.36. The number of amides is 1. The summed E-state index contributed by atoms with van der Waals surface area (Å²) < 4.78 is 6.44. The minimum atomic E-state index is -0.0822. The molecule has 0 saturated carbocycles. The number of hydrogen-bond acceptors (Lipinski definition) is 3. The lowest BCUT2D eigenvalue weighted by Crippen LogP contribution is -2.15. The summed E-state index contributed by atoms with van der Waals surface area (Å²) in [5.41, 5.74) is 0.738. The van der Waals surface area contributed by atoms with E-state index < -0.39 is 0 Å². The van der Waals surface area contributed by atoms with Crippen molar-refractivity contribution >= 4 is 27.5 Å². The van der Waals surface area contributed by atoms with Crippen LogP contribution >= 0.6 is 15.9 Å². The number of rotatable bonds is 5. The molecule has 0 aliphatic heterocycles. The van der Waals surface area contributed by atoms with Gasteiger partial charge in [0.2, 0.25) is 5.91 Å². The van der Waals surface area contributed by atoms with Crippen LogP contribution in [0.3, 0.4) is 0 Å². The van der Waals surface area contributed by atoms with Gasteiger partial charge in [-0.05, 0) is 30.3 Å². The molecular weight excluding hydrogens is 308 g/mol. The molecule has 98 valence electrons. The van der Waals surface area contributed by atoms with Crippen molar-refractivity contribution < 1.29 is 9.53 Å². The molecule has 1 amide bonds. The first-order valence-corrected chi connectivity index (χ1v) is 6.61. The Morgan fingerprint density at radius 2 is 2.05 bits per heavy atom. The molecule has 0 aliphatic carbocycles. The number of nitrogens with zero attached hydrogens (tertiary/aromatic N) is 1. The molecule has 1 aromatic heterocycles. The maximum absolute atomic E-state index is 11.6. The van der Waals surface area contributed by atoms with Gasteiger partial charge in [-0.25, -0.2) is 0 Å². The van der Waals surface area contributed by atoms with Crippen LogP contribution in [-0.4, -0.2) is 17.5 Å². The first-order valence-electron chi connectivity index (χ1n) is 5.82. The number of carbonyl (C=O) groups excluding carboxylic acids is 1. The molecule has 19 heavy (non-hydrogen) atoms. The Labute approximate surface area is 119 Å². The zero-order chi connectivity index (χ0) is 13.5. The summed E-state index contributed by atoms with van der Waals surface area (Å²) in [6.07, 6.45) is 3.57. The first-order chi connectivity index (χ1) is 9.24. The van der Waals surface area contributed by atoms with E-state index in [1.54, 1.807) is 24.5 Å². The van der Waals surface area contributed by atoms with Gasteiger partial charge >= 0.3 is 0 Å². The van der Waals surface area contributed by atoms with Crippen LogP contribution in [0, 0.1) is 0 Å². The van der Waals surface area contributed by atoms with Gasteiger partial charge in [0.05, 0.1) is 13.0 Å². The molecular formula is C14H13BrN2O2. The molecule has 4 nitrogen and oxygen atoms in total. The molecule has 0 unspecified atom stereocenters. The minimum absolute atomic E-state index is 0.0822. The fourth-order valence-electron chi connectivity index (χ4n) is 1.48. The normalized spacial score (nSPS) is 9.95. The van der Waals surface area contributed by atoms with Crippen molar-refractivity contribution in [3.63, 3.8) is 0 Å². The number of benzene rings is 1. The van der Waals surface area contributed by atoms with Crippen LogP contribution in [-0.2, 0) is 4.79 Å². The summed E-state index contributed by atoms with van der Waals surface area (Å²) in [6, 6.07) is 11.0. The topological polar surface area (TPSA) is 51.2 Å². The fourth-order valence-corrected chi connectivity index (χ4v) is 1.86. The number of ether oxygens (including phenoxy) is 1. The number of carbonyl (C=O) groups is 1. The Balaban J connectivity index is 1.75. The SMILES string of the molecule is O=C(CCOc1cccc(Br)c1)Nc1ccncc1. The molecule has 1 N–H and O–H groups in total. The Morgan fingerprint density at radius 1 is 1.26 bits per heavy atom. The second-order valence-corrected chi connectivity index (χ2v) is 4.76. The number of anilines is 1. The maximum Gasteiger partial charge on any atom is 0.227 e. The summed E-state index contributed by atoms with van der Waals surface area (Å²) in [5.74, 6) is 0.660. The van der Waals surface area contributed by atoms with Gasteiger partial charge in [0, 0.05) is 22.6 Å². The fraction of sp³-hybridized carbons (Fsp3) is 0.143. The monoisotopic (exact) mass is 320 g/mol. The first kappa shape index (κ1) is 13.5. The number of nitrogens with one attached hydrogen (secondary N) is 1. The number of pyridine rings is 1. The van der Waals surface area contributed by atoms with E-state index in [4.69, 9.17) is 4.74 Å². The van der Waals surface area contributed by atoms with Crippen LogP contribution in [0.25, 0.3) is 0 Å². The molecule has 0 atom stereocenters. The average Bonchev–Trinajstić information content (AvgIpc) is 2.40. The summed E-state index contributed by atoms with van der Waals surface area (Å²) in [7, 11) is 0. The van der Waals surface area contributed by atoms with Crippen LogP contribution in [0.4, 0.5) is 5.69 Å². The second-order valence-electron chi connectivity index (χ2n) is 3.84. The third-order valence-corrected chi connectivity index (χ3v) is 2.85. The van der Waals surface area contributed by atoms with Gasteiger partial charge in [0.1, 0.15) is 5.75 Å². The highest BCUT2D eigenvalue weighted by Gasteiger charge is 2.03. The zero-order valence-corrected chi connectivity index (χ0v) is 11.8. The van der Waals surface area contributed by atoms with E-state index in [1.807, 2.05) is 24.3 Å². The third kappa shape index (κ3) is 4.71. The van der Waals surface area contributed by atoms with Crippen LogP contribution in [0.2, 0.25) is 0 Å². The quantitative estimate of drug-likeness (QED) is 0.920. The van der Waals surface area contributed by atoms with Crippen molar-refractivity contribution in [2.75, 3.05) is 11.9 Å². The lowest BCUT2D eigenvalue weighted by molar-refractivity contribution is -0.116. The molecule has 0 radical (unpaired) electrons. The third-order valence-electron chi connectivity index (χ3n) is 2.36. The zero-order valence-electron chi connectivity index (χ0n) is 10.2. The Hall–Kier alpha value is -1.88. The van der Waals surface area contributed by atoms with E-state index in [0.29, 0.717) is 13.0 Å². The Kier molecular flexibility index (Phi) is 4.92. The standard InChI is InChI=1S/C14H13BrN2O2/c15-11-2-1-3-13(10-11)19-9-6-14(18)17-12-4-7-16-8-5-12/h1-5,7-8,10H,6,9H2,(H,16,17,18). The van der Waals surface area contributed by atoms with E-state index in [2.05, 4.69) is 26.2 Å². The summed E-state index contributed by atoms with van der Waals surface area (Å²) in [6.45, 7) is 0.341. The average molecular weight is 321 g/mol. The van der Waals surface area contributed by atoms with Crippen molar-refractivity contribution in [2.45, 2.75) is 6.42 Å². The Morgan fingerprint density at radius 3 is 2.79 bits per heavy atom. The van der Waals surface area contributed by atoms with Gasteiger partial charge in [-0.1, -0.05) is 22.0 Å². The van der Waals surface area contributed by atoms with Gasteiger partial charge in [-0.15, -0.1) is 0 Å². The van der Waals surface area contributed by atoms with Gasteiger partial charge in [0.15, 0.2) is 0 Å². The number of aromatic nitrogens is 1. The van der Waals surface area contributed by atoms with E-state index in [-0.39, 0.29) is 5.91 Å². The van der Waals surface area contributed by atoms with Crippen molar-refractivity contribution in [2.24, 2.45) is 0 Å².